The second-order valence-electron chi connectivity index (χ2n) is 4.02. The highest BCUT2D eigenvalue weighted by Gasteiger charge is 2.09. The van der Waals surface area contributed by atoms with Gasteiger partial charge in [0, 0.05) is 32.9 Å². The molecule has 0 radical (unpaired) electrons. The second-order valence-corrected chi connectivity index (χ2v) is 4.02. The summed E-state index contributed by atoms with van der Waals surface area (Å²) in [7, 11) is 5.69. The van der Waals surface area contributed by atoms with Crippen LogP contribution < -0.4 is 5.32 Å². The van der Waals surface area contributed by atoms with E-state index in [4.69, 9.17) is 4.74 Å². The highest BCUT2D eigenvalue weighted by Crippen LogP contribution is 2.08. The molecule has 1 N–H and O–H groups in total. The Kier molecular flexibility index (Phi) is 5.22. The molecule has 1 unspecified atom stereocenters. The molecule has 0 fully saturated rings. The smallest absolute Gasteiger partial charge is 0.125 e. The van der Waals surface area contributed by atoms with Crippen LogP contribution in [0.25, 0.3) is 0 Å². The number of anilines is 1. The number of methoxy groups -OCH3 is 1. The van der Waals surface area contributed by atoms with Crippen molar-refractivity contribution in [3.8, 4) is 0 Å². The minimum absolute atomic E-state index is 0.411. The fourth-order valence-corrected chi connectivity index (χ4v) is 1.48. The summed E-state index contributed by atoms with van der Waals surface area (Å²) in [5.74, 6) is 0.899. The molecule has 1 aromatic heterocycles. The number of likely N-dealkylation sites (N-methyl/N-ethyl adjacent to an activating group) is 1. The summed E-state index contributed by atoms with van der Waals surface area (Å²) in [4.78, 5) is 6.54. The van der Waals surface area contributed by atoms with Crippen molar-refractivity contribution < 1.29 is 4.74 Å². The summed E-state index contributed by atoms with van der Waals surface area (Å²) in [5, 5.41) is 3.01. The van der Waals surface area contributed by atoms with Crippen LogP contribution in [0, 0.1) is 0 Å². The van der Waals surface area contributed by atoms with Gasteiger partial charge < -0.3 is 10.1 Å². The van der Waals surface area contributed by atoms with E-state index in [0.29, 0.717) is 6.04 Å². The van der Waals surface area contributed by atoms with Gasteiger partial charge in [0.2, 0.25) is 0 Å². The number of aromatic nitrogens is 1. The lowest BCUT2D eigenvalue weighted by atomic mass is 10.2. The molecule has 4 nitrogen and oxygen atoms in total. The standard InChI is InChI=1S/C12H21N3O/c1-10(9-16-4)15(3)8-11-5-6-12(13-2)14-7-11/h5-7,10H,8-9H2,1-4H3,(H,13,14). The van der Waals surface area contributed by atoms with Crippen molar-refractivity contribution >= 4 is 5.82 Å². The average Bonchev–Trinajstić information content (AvgIpc) is 2.30. The first kappa shape index (κ1) is 12.9. The monoisotopic (exact) mass is 223 g/mol. The van der Waals surface area contributed by atoms with E-state index in [1.165, 1.54) is 5.56 Å². The Morgan fingerprint density at radius 1 is 1.50 bits per heavy atom. The van der Waals surface area contributed by atoms with E-state index in [1.54, 1.807) is 7.11 Å². The van der Waals surface area contributed by atoms with Crippen LogP contribution in [0.1, 0.15) is 12.5 Å². The molecular formula is C12H21N3O. The predicted molar refractivity (Wildman–Crippen MR) is 66.6 cm³/mol. The maximum absolute atomic E-state index is 5.13. The Hall–Kier alpha value is -1.13. The van der Waals surface area contributed by atoms with Crippen molar-refractivity contribution in [2.24, 2.45) is 0 Å². The molecule has 0 aromatic carbocycles. The Bertz CT molecular complexity index is 300. The van der Waals surface area contributed by atoms with Crippen LogP contribution in [-0.4, -0.2) is 43.7 Å². The summed E-state index contributed by atoms with van der Waals surface area (Å²) < 4.78 is 5.13. The molecule has 0 amide bonds. The van der Waals surface area contributed by atoms with Gasteiger partial charge >= 0.3 is 0 Å². The van der Waals surface area contributed by atoms with Crippen molar-refractivity contribution in [2.75, 3.05) is 33.1 Å². The van der Waals surface area contributed by atoms with Gasteiger partial charge in [0.15, 0.2) is 0 Å². The van der Waals surface area contributed by atoms with Crippen LogP contribution in [0.5, 0.6) is 0 Å². The van der Waals surface area contributed by atoms with Gasteiger partial charge in [-0.2, -0.15) is 0 Å². The molecule has 1 atom stereocenters. The van der Waals surface area contributed by atoms with E-state index in [-0.39, 0.29) is 0 Å². The van der Waals surface area contributed by atoms with Crippen LogP contribution in [0.3, 0.4) is 0 Å². The Morgan fingerprint density at radius 3 is 2.75 bits per heavy atom. The highest BCUT2D eigenvalue weighted by molar-refractivity contribution is 5.34. The third kappa shape index (κ3) is 3.79. The van der Waals surface area contributed by atoms with Gasteiger partial charge in [-0.3, -0.25) is 4.90 Å². The van der Waals surface area contributed by atoms with Gasteiger partial charge in [-0.25, -0.2) is 4.98 Å². The van der Waals surface area contributed by atoms with Crippen LogP contribution in [0.4, 0.5) is 5.82 Å². The van der Waals surface area contributed by atoms with Gasteiger partial charge in [0.25, 0.3) is 0 Å². The molecule has 0 spiro atoms. The van der Waals surface area contributed by atoms with Gasteiger partial charge in [-0.15, -0.1) is 0 Å². The van der Waals surface area contributed by atoms with E-state index in [0.717, 1.165) is 19.0 Å². The summed E-state index contributed by atoms with van der Waals surface area (Å²) in [6, 6.07) is 4.49. The molecule has 0 bridgehead atoms. The molecule has 4 heteroatoms. The van der Waals surface area contributed by atoms with Gasteiger partial charge in [0.1, 0.15) is 5.82 Å². The molecule has 1 heterocycles. The largest absolute Gasteiger partial charge is 0.383 e. The summed E-state index contributed by atoms with van der Waals surface area (Å²) in [5.41, 5.74) is 1.21. The number of nitrogens with one attached hydrogen (secondary N) is 1. The number of ether oxygens (including phenoxy) is 1. The van der Waals surface area contributed by atoms with E-state index in [9.17, 15) is 0 Å². The Labute approximate surface area is 97.6 Å². The first-order chi connectivity index (χ1) is 7.67. The Morgan fingerprint density at radius 2 is 2.25 bits per heavy atom. The first-order valence-corrected chi connectivity index (χ1v) is 5.49. The number of nitrogens with zero attached hydrogens (tertiary/aromatic N) is 2. The zero-order valence-corrected chi connectivity index (χ0v) is 10.5. The first-order valence-electron chi connectivity index (χ1n) is 5.49. The maximum atomic E-state index is 5.13. The molecule has 16 heavy (non-hydrogen) atoms. The molecular weight excluding hydrogens is 202 g/mol. The molecule has 0 saturated heterocycles. The minimum atomic E-state index is 0.411. The lowest BCUT2D eigenvalue weighted by Gasteiger charge is -2.23. The third-order valence-electron chi connectivity index (χ3n) is 2.67. The van der Waals surface area contributed by atoms with Gasteiger partial charge in [-0.05, 0) is 25.6 Å². The van der Waals surface area contributed by atoms with Crippen molar-refractivity contribution in [2.45, 2.75) is 19.5 Å². The number of hydrogen-bond acceptors (Lipinski definition) is 4. The molecule has 0 aliphatic carbocycles. The van der Waals surface area contributed by atoms with Crippen molar-refractivity contribution in [1.29, 1.82) is 0 Å². The van der Waals surface area contributed by atoms with E-state index in [2.05, 4.69) is 35.2 Å². The Balaban J connectivity index is 2.52. The zero-order chi connectivity index (χ0) is 12.0. The maximum Gasteiger partial charge on any atom is 0.125 e. The van der Waals surface area contributed by atoms with Crippen molar-refractivity contribution in [3.05, 3.63) is 23.9 Å². The van der Waals surface area contributed by atoms with E-state index < -0.39 is 0 Å². The third-order valence-corrected chi connectivity index (χ3v) is 2.67. The van der Waals surface area contributed by atoms with Crippen molar-refractivity contribution in [1.82, 2.24) is 9.88 Å². The van der Waals surface area contributed by atoms with Gasteiger partial charge in [0.05, 0.1) is 6.61 Å². The summed E-state index contributed by atoms with van der Waals surface area (Å²) >= 11 is 0. The minimum Gasteiger partial charge on any atom is -0.383 e. The van der Waals surface area contributed by atoms with Crippen LogP contribution in [0.15, 0.2) is 18.3 Å². The van der Waals surface area contributed by atoms with Crippen LogP contribution in [0.2, 0.25) is 0 Å². The SMILES string of the molecule is CNc1ccc(CN(C)C(C)COC)cn1. The second kappa shape index (κ2) is 6.45. The van der Waals surface area contributed by atoms with Gasteiger partial charge in [-0.1, -0.05) is 6.07 Å². The van der Waals surface area contributed by atoms with E-state index >= 15 is 0 Å². The highest BCUT2D eigenvalue weighted by atomic mass is 16.5. The predicted octanol–water partition coefficient (Wildman–Crippen LogP) is 1.59. The van der Waals surface area contributed by atoms with Crippen molar-refractivity contribution in [3.63, 3.8) is 0 Å². The number of hydrogen-bond donors (Lipinski definition) is 1. The average molecular weight is 223 g/mol. The molecule has 0 aliphatic heterocycles. The molecule has 90 valence electrons. The summed E-state index contributed by atoms with van der Waals surface area (Å²) in [6.45, 7) is 3.79. The number of rotatable bonds is 6. The zero-order valence-electron chi connectivity index (χ0n) is 10.5. The lowest BCUT2D eigenvalue weighted by molar-refractivity contribution is 0.112. The quantitative estimate of drug-likeness (QED) is 0.794. The summed E-state index contributed by atoms with van der Waals surface area (Å²) in [6.07, 6.45) is 1.90. The van der Waals surface area contributed by atoms with Crippen LogP contribution in [-0.2, 0) is 11.3 Å². The van der Waals surface area contributed by atoms with Crippen LogP contribution >= 0.6 is 0 Å². The van der Waals surface area contributed by atoms with E-state index in [1.807, 2.05) is 19.3 Å². The molecule has 1 aromatic rings. The fourth-order valence-electron chi connectivity index (χ4n) is 1.48. The topological polar surface area (TPSA) is 37.4 Å². The fraction of sp³-hybridized carbons (Fsp3) is 0.583. The number of pyridine rings is 1. The normalized spacial score (nSPS) is 12.8. The molecule has 0 saturated carbocycles. The lowest BCUT2D eigenvalue weighted by Crippen LogP contribution is -2.32. The molecule has 1 rings (SSSR count). The molecule has 0 aliphatic rings.